The smallest absolute Gasteiger partial charge is 0.226 e. The van der Waals surface area contributed by atoms with Crippen molar-refractivity contribution in [1.82, 2.24) is 4.90 Å². The van der Waals surface area contributed by atoms with E-state index < -0.39 is 0 Å². The number of nitrogens with zero attached hydrogens (tertiary/aromatic N) is 1. The van der Waals surface area contributed by atoms with Gasteiger partial charge in [-0.3, -0.25) is 4.79 Å². The molecule has 0 spiro atoms. The van der Waals surface area contributed by atoms with Crippen LogP contribution in [0, 0.1) is 0 Å². The van der Waals surface area contributed by atoms with Crippen LogP contribution < -0.4 is 0 Å². The SMILES string of the molecule is O=C1CCCN1/C=C\CCl. The number of carbonyl (C=O) groups is 1. The first-order valence-corrected chi connectivity index (χ1v) is 3.90. The number of allylic oxidation sites excluding steroid dienone is 1. The molecule has 0 unspecified atom stereocenters. The Kier molecular flexibility index (Phi) is 2.75. The summed E-state index contributed by atoms with van der Waals surface area (Å²) >= 11 is 5.40. The summed E-state index contributed by atoms with van der Waals surface area (Å²) in [5, 5.41) is 0. The third-order valence-corrected chi connectivity index (χ3v) is 1.66. The molecule has 1 amide bonds. The summed E-state index contributed by atoms with van der Waals surface area (Å²) in [6.45, 7) is 0.853. The summed E-state index contributed by atoms with van der Waals surface area (Å²) in [6, 6.07) is 0. The second kappa shape index (κ2) is 3.62. The van der Waals surface area contributed by atoms with Crippen molar-refractivity contribution >= 4 is 17.5 Å². The standard InChI is InChI=1S/C7H10ClNO/c8-4-2-6-9-5-1-3-7(9)10/h2,6H,1,3-5H2/b6-2-. The van der Waals surface area contributed by atoms with Crippen LogP contribution in [0.25, 0.3) is 0 Å². The summed E-state index contributed by atoms with van der Waals surface area (Å²) in [5.74, 6) is 0.686. The number of amides is 1. The molecule has 0 aromatic carbocycles. The van der Waals surface area contributed by atoms with Crippen LogP contribution in [0.5, 0.6) is 0 Å². The first kappa shape index (κ1) is 7.61. The molecular weight excluding hydrogens is 150 g/mol. The Labute approximate surface area is 65.5 Å². The molecule has 3 heteroatoms. The lowest BCUT2D eigenvalue weighted by molar-refractivity contribution is -0.125. The maximum atomic E-state index is 10.9. The minimum Gasteiger partial charge on any atom is -0.319 e. The van der Waals surface area contributed by atoms with E-state index in [0.717, 1.165) is 13.0 Å². The minimum absolute atomic E-state index is 0.210. The molecule has 0 aromatic heterocycles. The highest BCUT2D eigenvalue weighted by molar-refractivity contribution is 6.18. The van der Waals surface area contributed by atoms with Gasteiger partial charge in [0.05, 0.1) is 0 Å². The molecular formula is C7H10ClNO. The van der Waals surface area contributed by atoms with Gasteiger partial charge in [0.1, 0.15) is 0 Å². The van der Waals surface area contributed by atoms with E-state index in [4.69, 9.17) is 11.6 Å². The van der Waals surface area contributed by atoms with E-state index in [1.165, 1.54) is 0 Å². The zero-order chi connectivity index (χ0) is 7.40. The molecule has 10 heavy (non-hydrogen) atoms. The Morgan fingerprint density at radius 3 is 3.00 bits per heavy atom. The van der Waals surface area contributed by atoms with Crippen LogP contribution in [0.15, 0.2) is 12.3 Å². The zero-order valence-electron chi connectivity index (χ0n) is 5.72. The predicted molar refractivity (Wildman–Crippen MR) is 40.8 cm³/mol. The molecule has 0 bridgehead atoms. The predicted octanol–water partition coefficient (Wildman–Crippen LogP) is 1.36. The van der Waals surface area contributed by atoms with Gasteiger partial charge in [0, 0.05) is 25.0 Å². The number of carbonyl (C=O) groups excluding carboxylic acids is 1. The van der Waals surface area contributed by atoms with E-state index in [1.807, 2.05) is 0 Å². The van der Waals surface area contributed by atoms with Crippen LogP contribution in [0.1, 0.15) is 12.8 Å². The third kappa shape index (κ3) is 1.74. The van der Waals surface area contributed by atoms with Crippen LogP contribution in [-0.4, -0.2) is 23.2 Å². The van der Waals surface area contributed by atoms with Crippen LogP contribution in [0.3, 0.4) is 0 Å². The minimum atomic E-state index is 0.210. The molecule has 1 saturated heterocycles. The molecule has 1 rings (SSSR count). The highest BCUT2D eigenvalue weighted by atomic mass is 35.5. The van der Waals surface area contributed by atoms with Gasteiger partial charge < -0.3 is 4.90 Å². The van der Waals surface area contributed by atoms with E-state index in [9.17, 15) is 4.79 Å². The molecule has 1 heterocycles. The molecule has 2 nitrogen and oxygen atoms in total. The molecule has 0 aromatic rings. The molecule has 56 valence electrons. The van der Waals surface area contributed by atoms with Gasteiger partial charge in [-0.25, -0.2) is 0 Å². The van der Waals surface area contributed by atoms with Crippen molar-refractivity contribution in [2.75, 3.05) is 12.4 Å². The van der Waals surface area contributed by atoms with Gasteiger partial charge in [0.15, 0.2) is 0 Å². The largest absolute Gasteiger partial charge is 0.319 e. The summed E-state index contributed by atoms with van der Waals surface area (Å²) in [6.07, 6.45) is 5.21. The van der Waals surface area contributed by atoms with E-state index in [1.54, 1.807) is 17.2 Å². The van der Waals surface area contributed by atoms with Gasteiger partial charge in [-0.1, -0.05) is 6.08 Å². The van der Waals surface area contributed by atoms with Gasteiger partial charge in [0.2, 0.25) is 5.91 Å². The Hall–Kier alpha value is -0.500. The number of rotatable bonds is 2. The second-order valence-electron chi connectivity index (χ2n) is 2.23. The number of likely N-dealkylation sites (tertiary alicyclic amines) is 1. The molecule has 0 radical (unpaired) electrons. The molecule has 1 aliphatic rings. The summed E-state index contributed by atoms with van der Waals surface area (Å²) in [5.41, 5.74) is 0. The lowest BCUT2D eigenvalue weighted by Crippen LogP contribution is -2.17. The Morgan fingerprint density at radius 2 is 2.50 bits per heavy atom. The fourth-order valence-corrected chi connectivity index (χ4v) is 1.07. The highest BCUT2D eigenvalue weighted by Crippen LogP contribution is 2.09. The van der Waals surface area contributed by atoms with Crippen LogP contribution in [-0.2, 0) is 4.79 Å². The fraction of sp³-hybridized carbons (Fsp3) is 0.571. The average molecular weight is 160 g/mol. The molecule has 0 N–H and O–H groups in total. The van der Waals surface area contributed by atoms with Crippen LogP contribution in [0.2, 0.25) is 0 Å². The van der Waals surface area contributed by atoms with Crippen LogP contribution >= 0.6 is 11.6 Å². The second-order valence-corrected chi connectivity index (χ2v) is 2.54. The number of hydrogen-bond donors (Lipinski definition) is 0. The number of hydrogen-bond acceptors (Lipinski definition) is 1. The highest BCUT2D eigenvalue weighted by Gasteiger charge is 2.16. The maximum Gasteiger partial charge on any atom is 0.226 e. The monoisotopic (exact) mass is 159 g/mol. The summed E-state index contributed by atoms with van der Waals surface area (Å²) < 4.78 is 0. The third-order valence-electron chi connectivity index (χ3n) is 1.48. The van der Waals surface area contributed by atoms with Crippen molar-refractivity contribution < 1.29 is 4.79 Å². The topological polar surface area (TPSA) is 20.3 Å². The molecule has 1 fully saturated rings. The van der Waals surface area contributed by atoms with E-state index in [0.29, 0.717) is 12.3 Å². The van der Waals surface area contributed by atoms with Gasteiger partial charge >= 0.3 is 0 Å². The fourth-order valence-electron chi connectivity index (χ4n) is 0.994. The lowest BCUT2D eigenvalue weighted by atomic mass is 10.4. The van der Waals surface area contributed by atoms with Crippen molar-refractivity contribution in [3.8, 4) is 0 Å². The maximum absolute atomic E-state index is 10.9. The quantitative estimate of drug-likeness (QED) is 0.558. The summed E-state index contributed by atoms with van der Waals surface area (Å²) in [7, 11) is 0. The number of alkyl halides is 1. The van der Waals surface area contributed by atoms with Gasteiger partial charge in [-0.15, -0.1) is 11.6 Å². The van der Waals surface area contributed by atoms with E-state index in [2.05, 4.69) is 0 Å². The Balaban J connectivity index is 2.40. The lowest BCUT2D eigenvalue weighted by Gasteiger charge is -2.06. The first-order valence-electron chi connectivity index (χ1n) is 3.36. The summed E-state index contributed by atoms with van der Waals surface area (Å²) in [4.78, 5) is 12.6. The number of halogens is 1. The van der Waals surface area contributed by atoms with Crippen molar-refractivity contribution in [2.45, 2.75) is 12.8 Å². The molecule has 0 aliphatic carbocycles. The van der Waals surface area contributed by atoms with Crippen molar-refractivity contribution in [2.24, 2.45) is 0 Å². The van der Waals surface area contributed by atoms with Crippen molar-refractivity contribution in [3.63, 3.8) is 0 Å². The molecule has 0 saturated carbocycles. The van der Waals surface area contributed by atoms with Gasteiger partial charge in [-0.05, 0) is 6.42 Å². The first-order chi connectivity index (χ1) is 4.84. The van der Waals surface area contributed by atoms with E-state index in [-0.39, 0.29) is 5.91 Å². The Morgan fingerprint density at radius 1 is 1.70 bits per heavy atom. The molecule has 0 atom stereocenters. The van der Waals surface area contributed by atoms with Gasteiger partial charge in [0.25, 0.3) is 0 Å². The van der Waals surface area contributed by atoms with E-state index >= 15 is 0 Å². The average Bonchev–Trinajstić information content (AvgIpc) is 2.31. The zero-order valence-corrected chi connectivity index (χ0v) is 6.47. The van der Waals surface area contributed by atoms with Crippen molar-refractivity contribution in [3.05, 3.63) is 12.3 Å². The van der Waals surface area contributed by atoms with Crippen LogP contribution in [0.4, 0.5) is 0 Å². The van der Waals surface area contributed by atoms with Crippen molar-refractivity contribution in [1.29, 1.82) is 0 Å². The molecule has 1 aliphatic heterocycles. The Bertz CT molecular complexity index is 156. The normalized spacial score (nSPS) is 19.3. The van der Waals surface area contributed by atoms with Gasteiger partial charge in [-0.2, -0.15) is 0 Å².